The summed E-state index contributed by atoms with van der Waals surface area (Å²) >= 11 is 0. The van der Waals surface area contributed by atoms with Crippen molar-refractivity contribution in [1.82, 2.24) is 19.9 Å². The first-order valence-corrected chi connectivity index (χ1v) is 8.23. The molecular weight excluding hydrogens is 365 g/mol. The average Bonchev–Trinajstić information content (AvgIpc) is 2.67. The van der Waals surface area contributed by atoms with Crippen LogP contribution in [0.15, 0.2) is 30.6 Å². The summed E-state index contributed by atoms with van der Waals surface area (Å²) in [4.78, 5) is 25.4. The number of ether oxygens (including phenoxy) is 2. The van der Waals surface area contributed by atoms with Gasteiger partial charge in [0.05, 0.1) is 7.11 Å². The summed E-state index contributed by atoms with van der Waals surface area (Å²) in [6.45, 7) is 0.779. The third-order valence-electron chi connectivity index (χ3n) is 4.12. The van der Waals surface area contributed by atoms with Gasteiger partial charge in [-0.05, 0) is 18.2 Å². The van der Waals surface area contributed by atoms with E-state index in [1.54, 1.807) is 17.0 Å². The number of hydrogen-bond donors (Lipinski definition) is 0. The second-order valence-corrected chi connectivity index (χ2v) is 5.89. The number of hydrogen-bond acceptors (Lipinski definition) is 6. The summed E-state index contributed by atoms with van der Waals surface area (Å²) in [5.74, 6) is 0.0342. The van der Waals surface area contributed by atoms with E-state index in [0.29, 0.717) is 31.5 Å². The Bertz CT molecular complexity index is 808. The number of nitrogens with zero attached hydrogens (tertiary/aromatic N) is 4. The van der Waals surface area contributed by atoms with Crippen LogP contribution in [0.5, 0.6) is 11.9 Å². The predicted octanol–water partition coefficient (Wildman–Crippen LogP) is 2.58. The van der Waals surface area contributed by atoms with Crippen LogP contribution >= 0.6 is 0 Å². The van der Waals surface area contributed by atoms with Crippen LogP contribution in [0.2, 0.25) is 0 Å². The number of piperidine rings is 1. The Balaban J connectivity index is 1.60. The van der Waals surface area contributed by atoms with Crippen LogP contribution in [0, 0.1) is 0 Å². The van der Waals surface area contributed by atoms with Crippen molar-refractivity contribution in [3.05, 3.63) is 41.9 Å². The molecule has 0 saturated carbocycles. The number of methoxy groups -OCH3 is 1. The third-order valence-corrected chi connectivity index (χ3v) is 4.12. The highest BCUT2D eigenvalue weighted by atomic mass is 19.4. The lowest BCUT2D eigenvalue weighted by molar-refractivity contribution is -0.141. The summed E-state index contributed by atoms with van der Waals surface area (Å²) in [6.07, 6.45) is -1.47. The minimum absolute atomic E-state index is 0.214. The summed E-state index contributed by atoms with van der Waals surface area (Å²) in [5.41, 5.74) is -0.690. The molecule has 3 heterocycles. The molecule has 1 aliphatic rings. The van der Waals surface area contributed by atoms with E-state index in [9.17, 15) is 18.0 Å². The Morgan fingerprint density at radius 1 is 1.19 bits per heavy atom. The number of pyridine rings is 1. The topological polar surface area (TPSA) is 77.4 Å². The van der Waals surface area contributed by atoms with Crippen LogP contribution in [0.25, 0.3) is 0 Å². The van der Waals surface area contributed by atoms with Crippen LogP contribution in [0.3, 0.4) is 0 Å². The number of rotatable bonds is 4. The molecule has 0 aliphatic carbocycles. The van der Waals surface area contributed by atoms with Crippen molar-refractivity contribution in [2.24, 2.45) is 0 Å². The fourth-order valence-corrected chi connectivity index (χ4v) is 2.77. The first kappa shape index (κ1) is 18.9. The van der Waals surface area contributed by atoms with E-state index in [1.165, 1.54) is 13.3 Å². The zero-order valence-electron chi connectivity index (χ0n) is 14.4. The van der Waals surface area contributed by atoms with Crippen molar-refractivity contribution >= 4 is 5.91 Å². The smallest absolute Gasteiger partial charge is 0.433 e. The van der Waals surface area contributed by atoms with Crippen molar-refractivity contribution in [1.29, 1.82) is 0 Å². The molecule has 0 N–H and O–H groups in total. The number of carbonyl (C=O) groups is 1. The third kappa shape index (κ3) is 4.44. The SMILES string of the molecule is COc1ncccc1C(=O)N1CCC(Oc2nccc(C(F)(F)F)n2)CC1. The summed E-state index contributed by atoms with van der Waals surface area (Å²) < 4.78 is 48.7. The molecule has 7 nitrogen and oxygen atoms in total. The highest BCUT2D eigenvalue weighted by Crippen LogP contribution is 2.28. The summed E-state index contributed by atoms with van der Waals surface area (Å²) in [7, 11) is 1.44. The molecule has 10 heteroatoms. The molecule has 0 radical (unpaired) electrons. The molecule has 27 heavy (non-hydrogen) atoms. The molecule has 3 rings (SSSR count). The minimum Gasteiger partial charge on any atom is -0.480 e. The zero-order chi connectivity index (χ0) is 19.4. The van der Waals surface area contributed by atoms with Crippen LogP contribution in [0.4, 0.5) is 13.2 Å². The monoisotopic (exact) mass is 382 g/mol. The summed E-state index contributed by atoms with van der Waals surface area (Å²) in [6, 6.07) is 3.75. The Morgan fingerprint density at radius 2 is 1.93 bits per heavy atom. The van der Waals surface area contributed by atoms with Gasteiger partial charge < -0.3 is 14.4 Å². The Labute approximate surface area is 153 Å². The fraction of sp³-hybridized carbons (Fsp3) is 0.412. The van der Waals surface area contributed by atoms with Crippen LogP contribution in [0.1, 0.15) is 28.9 Å². The fourth-order valence-electron chi connectivity index (χ4n) is 2.77. The molecule has 0 atom stereocenters. The minimum atomic E-state index is -4.56. The normalized spacial score (nSPS) is 15.5. The standard InChI is InChI=1S/C17H17F3N4O3/c1-26-14-12(3-2-7-21-14)15(25)24-9-5-11(6-10-24)27-16-22-8-4-13(23-16)17(18,19)20/h2-4,7-8,11H,5-6,9-10H2,1H3. The molecular formula is C17H17F3N4O3. The van der Waals surface area contributed by atoms with Crippen LogP contribution in [-0.2, 0) is 6.18 Å². The quantitative estimate of drug-likeness (QED) is 0.809. The molecule has 0 bridgehead atoms. The van der Waals surface area contributed by atoms with Crippen LogP contribution in [-0.4, -0.2) is 52.1 Å². The number of carbonyl (C=O) groups excluding carboxylic acids is 1. The first-order chi connectivity index (χ1) is 12.9. The van der Waals surface area contributed by atoms with Gasteiger partial charge in [0, 0.05) is 38.3 Å². The molecule has 0 unspecified atom stereocenters. The molecule has 1 fully saturated rings. The molecule has 1 amide bonds. The molecule has 0 spiro atoms. The lowest BCUT2D eigenvalue weighted by atomic mass is 10.1. The van der Waals surface area contributed by atoms with Gasteiger partial charge in [-0.2, -0.15) is 18.2 Å². The number of likely N-dealkylation sites (tertiary alicyclic amines) is 1. The maximum Gasteiger partial charge on any atom is 0.433 e. The highest BCUT2D eigenvalue weighted by molar-refractivity contribution is 5.96. The maximum absolute atomic E-state index is 12.7. The van der Waals surface area contributed by atoms with Crippen molar-refractivity contribution in [3.8, 4) is 11.9 Å². The maximum atomic E-state index is 12.7. The van der Waals surface area contributed by atoms with Crippen molar-refractivity contribution in [3.63, 3.8) is 0 Å². The van der Waals surface area contributed by atoms with Crippen molar-refractivity contribution < 1.29 is 27.4 Å². The van der Waals surface area contributed by atoms with E-state index in [2.05, 4.69) is 15.0 Å². The highest BCUT2D eigenvalue weighted by Gasteiger charge is 2.33. The van der Waals surface area contributed by atoms with Gasteiger partial charge in [-0.15, -0.1) is 0 Å². The Kier molecular flexibility index (Phi) is 5.43. The van der Waals surface area contributed by atoms with E-state index in [0.717, 1.165) is 12.3 Å². The molecule has 0 aromatic carbocycles. The second kappa shape index (κ2) is 7.77. The van der Waals surface area contributed by atoms with Gasteiger partial charge in [-0.25, -0.2) is 9.97 Å². The van der Waals surface area contributed by atoms with E-state index in [4.69, 9.17) is 9.47 Å². The van der Waals surface area contributed by atoms with Crippen LogP contribution < -0.4 is 9.47 Å². The van der Waals surface area contributed by atoms with Gasteiger partial charge in [0.1, 0.15) is 11.7 Å². The lowest BCUT2D eigenvalue weighted by Crippen LogP contribution is -2.42. The van der Waals surface area contributed by atoms with Crippen molar-refractivity contribution in [2.75, 3.05) is 20.2 Å². The number of alkyl halides is 3. The zero-order valence-corrected chi connectivity index (χ0v) is 14.4. The number of aromatic nitrogens is 3. The molecule has 1 aliphatic heterocycles. The van der Waals surface area contributed by atoms with Gasteiger partial charge >= 0.3 is 12.2 Å². The number of halogens is 3. The molecule has 1 saturated heterocycles. The van der Waals surface area contributed by atoms with E-state index < -0.39 is 11.9 Å². The van der Waals surface area contributed by atoms with Crippen molar-refractivity contribution in [2.45, 2.75) is 25.1 Å². The Hall–Kier alpha value is -2.91. The van der Waals surface area contributed by atoms with Gasteiger partial charge in [0.15, 0.2) is 5.69 Å². The molecule has 2 aromatic heterocycles. The van der Waals surface area contributed by atoms with E-state index in [1.807, 2.05) is 0 Å². The molecule has 144 valence electrons. The Morgan fingerprint density at radius 3 is 2.59 bits per heavy atom. The second-order valence-electron chi connectivity index (χ2n) is 5.89. The molecule has 2 aromatic rings. The lowest BCUT2D eigenvalue weighted by Gasteiger charge is -2.31. The van der Waals surface area contributed by atoms with Gasteiger partial charge in [0.2, 0.25) is 5.88 Å². The average molecular weight is 382 g/mol. The number of amides is 1. The first-order valence-electron chi connectivity index (χ1n) is 8.23. The summed E-state index contributed by atoms with van der Waals surface area (Å²) in [5, 5.41) is 0. The predicted molar refractivity (Wildman–Crippen MR) is 87.4 cm³/mol. The van der Waals surface area contributed by atoms with E-state index in [-0.39, 0.29) is 23.9 Å². The van der Waals surface area contributed by atoms with Gasteiger partial charge in [0.25, 0.3) is 5.91 Å². The largest absolute Gasteiger partial charge is 0.480 e. The van der Waals surface area contributed by atoms with Gasteiger partial charge in [-0.3, -0.25) is 4.79 Å². The van der Waals surface area contributed by atoms with Gasteiger partial charge in [-0.1, -0.05) is 0 Å². The van der Waals surface area contributed by atoms with E-state index >= 15 is 0 Å².